The van der Waals surface area contributed by atoms with Gasteiger partial charge in [0.25, 0.3) is 5.56 Å². The first kappa shape index (κ1) is 21.4. The molecule has 2 heterocycles. The topological polar surface area (TPSA) is 41.4 Å². The van der Waals surface area contributed by atoms with E-state index in [9.17, 15) is 9.18 Å². The zero-order valence-corrected chi connectivity index (χ0v) is 18.8. The number of fused-ring (bicyclic) bond motifs is 1. The maximum absolute atomic E-state index is 14.1. The van der Waals surface area contributed by atoms with Gasteiger partial charge in [-0.3, -0.25) is 14.3 Å². The molecule has 5 nitrogen and oxygen atoms in total. The van der Waals surface area contributed by atoms with Crippen LogP contribution in [0.3, 0.4) is 0 Å². The van der Waals surface area contributed by atoms with E-state index in [-0.39, 0.29) is 11.6 Å². The van der Waals surface area contributed by atoms with E-state index >= 15 is 0 Å². The molecular weight excluding hydrogens is 423 g/mol. The van der Waals surface area contributed by atoms with Crippen LogP contribution in [0.4, 0.5) is 4.39 Å². The minimum absolute atomic E-state index is 0.0581. The molecule has 0 bridgehead atoms. The van der Waals surface area contributed by atoms with Crippen molar-refractivity contribution in [2.45, 2.75) is 46.2 Å². The molecule has 154 valence electrons. The second-order valence-corrected chi connectivity index (χ2v) is 8.82. The van der Waals surface area contributed by atoms with Crippen molar-refractivity contribution >= 4 is 26.8 Å². The lowest BCUT2D eigenvalue weighted by Gasteiger charge is -2.32. The van der Waals surface area contributed by atoms with Gasteiger partial charge in [0.2, 0.25) is 0 Å². The maximum atomic E-state index is 14.1. The number of nitrogens with zero attached hydrogens (tertiary/aromatic N) is 4. The molecule has 0 saturated carbocycles. The molecule has 0 aliphatic carbocycles. The summed E-state index contributed by atoms with van der Waals surface area (Å²) in [6.45, 7) is 10.9. The Hall–Kier alpha value is -1.31. The molecule has 0 amide bonds. The van der Waals surface area contributed by atoms with Crippen LogP contribution in [0, 0.1) is 11.7 Å². The molecular formula is C21H30BrFN4O. The predicted molar refractivity (Wildman–Crippen MR) is 115 cm³/mol. The summed E-state index contributed by atoms with van der Waals surface area (Å²) in [5, 5.41) is 0.457. The van der Waals surface area contributed by atoms with Gasteiger partial charge < -0.3 is 4.90 Å². The Morgan fingerprint density at radius 2 is 2.04 bits per heavy atom. The van der Waals surface area contributed by atoms with Gasteiger partial charge in [-0.05, 0) is 48.3 Å². The highest BCUT2D eigenvalue weighted by molar-refractivity contribution is 9.10. The largest absolute Gasteiger partial charge is 0.305 e. The van der Waals surface area contributed by atoms with Crippen LogP contribution in [0.5, 0.6) is 0 Å². The molecule has 1 aliphatic heterocycles. The number of benzene rings is 1. The molecule has 2 aromatic rings. The van der Waals surface area contributed by atoms with E-state index in [4.69, 9.17) is 4.98 Å². The Balaban J connectivity index is 2.14. The van der Waals surface area contributed by atoms with E-state index < -0.39 is 5.82 Å². The van der Waals surface area contributed by atoms with Gasteiger partial charge in [-0.25, -0.2) is 9.37 Å². The van der Waals surface area contributed by atoms with Gasteiger partial charge in [0, 0.05) is 38.8 Å². The van der Waals surface area contributed by atoms with Crippen LogP contribution >= 0.6 is 15.9 Å². The average molecular weight is 453 g/mol. The first-order valence-electron chi connectivity index (χ1n) is 10.2. The molecule has 28 heavy (non-hydrogen) atoms. The van der Waals surface area contributed by atoms with Crippen LogP contribution in [0.25, 0.3) is 10.9 Å². The highest BCUT2D eigenvalue weighted by Crippen LogP contribution is 2.28. The summed E-state index contributed by atoms with van der Waals surface area (Å²) in [5.74, 6) is 0.916. The van der Waals surface area contributed by atoms with Crippen molar-refractivity contribution < 1.29 is 4.39 Å². The van der Waals surface area contributed by atoms with Crippen molar-refractivity contribution in [3.05, 3.63) is 38.6 Å². The lowest BCUT2D eigenvalue weighted by atomic mass is 10.1. The second kappa shape index (κ2) is 9.01. The summed E-state index contributed by atoms with van der Waals surface area (Å²) < 4.78 is 16.2. The minimum Gasteiger partial charge on any atom is -0.305 e. The van der Waals surface area contributed by atoms with E-state index in [1.807, 2.05) is 6.92 Å². The number of likely N-dealkylation sites (N-methyl/N-ethyl adjacent to an activating group) is 1. The number of halogens is 2. The fourth-order valence-corrected chi connectivity index (χ4v) is 4.64. The average Bonchev–Trinajstić information content (AvgIpc) is 2.81. The van der Waals surface area contributed by atoms with E-state index in [1.54, 1.807) is 10.6 Å². The summed E-state index contributed by atoms with van der Waals surface area (Å²) >= 11 is 3.19. The monoisotopic (exact) mass is 452 g/mol. The minimum atomic E-state index is -0.392. The second-order valence-electron chi connectivity index (χ2n) is 7.97. The SMILES string of the molecule is CCC[C@H](c1nc2cc(F)c(Br)cc2c(=O)n1CC)N1CCN(C)CC(C)C1. The first-order valence-corrected chi connectivity index (χ1v) is 11.0. The Morgan fingerprint density at radius 1 is 1.29 bits per heavy atom. The molecule has 3 rings (SSSR count). The van der Waals surface area contributed by atoms with Gasteiger partial charge in [0.1, 0.15) is 11.6 Å². The lowest BCUT2D eigenvalue weighted by molar-refractivity contribution is 0.167. The molecule has 1 unspecified atom stereocenters. The Bertz CT molecular complexity index is 900. The molecule has 1 aromatic carbocycles. The van der Waals surface area contributed by atoms with Crippen LogP contribution in [0.1, 0.15) is 45.5 Å². The van der Waals surface area contributed by atoms with Gasteiger partial charge in [-0.2, -0.15) is 0 Å². The van der Waals surface area contributed by atoms with Crippen molar-refractivity contribution in [1.29, 1.82) is 0 Å². The number of rotatable bonds is 5. The zero-order chi connectivity index (χ0) is 20.4. The third-order valence-corrected chi connectivity index (χ3v) is 6.19. The molecule has 1 aliphatic rings. The molecule has 7 heteroatoms. The van der Waals surface area contributed by atoms with Crippen LogP contribution in [-0.4, -0.2) is 52.6 Å². The normalized spacial score (nSPS) is 20.4. The molecule has 2 atom stereocenters. The quantitative estimate of drug-likeness (QED) is 0.686. The third-order valence-electron chi connectivity index (χ3n) is 5.58. The van der Waals surface area contributed by atoms with E-state index in [2.05, 4.69) is 46.6 Å². The smallest absolute Gasteiger partial charge is 0.261 e. The number of hydrogen-bond acceptors (Lipinski definition) is 4. The van der Waals surface area contributed by atoms with Crippen LogP contribution in [0.2, 0.25) is 0 Å². The third kappa shape index (κ3) is 4.31. The fourth-order valence-electron chi connectivity index (χ4n) is 4.30. The molecule has 0 N–H and O–H groups in total. The first-order chi connectivity index (χ1) is 13.3. The Labute approximate surface area is 174 Å². The number of aromatic nitrogens is 2. The van der Waals surface area contributed by atoms with Gasteiger partial charge in [0.15, 0.2) is 0 Å². The van der Waals surface area contributed by atoms with Gasteiger partial charge >= 0.3 is 0 Å². The van der Waals surface area contributed by atoms with Crippen molar-refractivity contribution in [1.82, 2.24) is 19.4 Å². The van der Waals surface area contributed by atoms with Crippen LogP contribution < -0.4 is 5.56 Å². The van der Waals surface area contributed by atoms with Crippen molar-refractivity contribution in [3.63, 3.8) is 0 Å². The highest BCUT2D eigenvalue weighted by Gasteiger charge is 2.28. The van der Waals surface area contributed by atoms with E-state index in [1.165, 1.54) is 6.07 Å². The maximum Gasteiger partial charge on any atom is 0.261 e. The molecule has 1 fully saturated rings. The molecule has 1 saturated heterocycles. The van der Waals surface area contributed by atoms with Crippen LogP contribution in [-0.2, 0) is 6.54 Å². The number of hydrogen-bond donors (Lipinski definition) is 0. The lowest BCUT2D eigenvalue weighted by Crippen LogP contribution is -2.38. The fraction of sp³-hybridized carbons (Fsp3) is 0.619. The summed E-state index contributed by atoms with van der Waals surface area (Å²) in [4.78, 5) is 22.8. The van der Waals surface area contributed by atoms with Crippen molar-refractivity contribution in [3.8, 4) is 0 Å². The van der Waals surface area contributed by atoms with Gasteiger partial charge in [-0.15, -0.1) is 0 Å². The van der Waals surface area contributed by atoms with Crippen molar-refractivity contribution in [2.75, 3.05) is 33.2 Å². The van der Waals surface area contributed by atoms with Gasteiger partial charge in [-0.1, -0.05) is 20.3 Å². The molecule has 0 spiro atoms. The summed E-state index contributed by atoms with van der Waals surface area (Å²) in [6, 6.07) is 2.97. The Morgan fingerprint density at radius 3 is 2.71 bits per heavy atom. The molecule has 0 radical (unpaired) electrons. The van der Waals surface area contributed by atoms with Gasteiger partial charge in [0.05, 0.1) is 21.4 Å². The summed E-state index contributed by atoms with van der Waals surface area (Å²) in [7, 11) is 2.16. The van der Waals surface area contributed by atoms with Crippen molar-refractivity contribution in [2.24, 2.45) is 5.92 Å². The standard InChI is InChI=1S/C21H30BrFN4O/c1-5-7-19(26-9-8-25(4)12-14(3)13-26)20-24-18-11-17(23)16(22)10-15(18)21(28)27(20)6-2/h10-11,14,19H,5-9,12-13H2,1-4H3/t14?,19-/m1/s1. The van der Waals surface area contributed by atoms with E-state index in [0.29, 0.717) is 27.8 Å². The van der Waals surface area contributed by atoms with E-state index in [0.717, 1.165) is 44.8 Å². The zero-order valence-electron chi connectivity index (χ0n) is 17.2. The molecule has 1 aromatic heterocycles. The van der Waals surface area contributed by atoms with Crippen LogP contribution in [0.15, 0.2) is 21.4 Å². The predicted octanol–water partition coefficient (Wildman–Crippen LogP) is 4.04. The summed E-state index contributed by atoms with van der Waals surface area (Å²) in [6.07, 6.45) is 1.92. The highest BCUT2D eigenvalue weighted by atomic mass is 79.9. The Kier molecular flexibility index (Phi) is 6.89. The summed E-state index contributed by atoms with van der Waals surface area (Å²) in [5.41, 5.74) is 0.343.